The van der Waals surface area contributed by atoms with Gasteiger partial charge in [-0.2, -0.15) is 0 Å². The topological polar surface area (TPSA) is 68.3 Å². The fourth-order valence-electron chi connectivity index (χ4n) is 2.58. The number of esters is 1. The number of ether oxygens (including phenoxy) is 1. The van der Waals surface area contributed by atoms with Crippen LogP contribution in [0.3, 0.4) is 0 Å². The highest BCUT2D eigenvalue weighted by atomic mass is 32.1. The molecule has 0 aliphatic heterocycles. The zero-order chi connectivity index (χ0) is 16.4. The lowest BCUT2D eigenvalue weighted by molar-refractivity contribution is -0.118. The maximum atomic E-state index is 12.7. The normalized spacial score (nSPS) is 15.0. The van der Waals surface area contributed by atoms with E-state index in [1.807, 2.05) is 30.3 Å². The smallest absolute Gasteiger partial charge is 0.350 e. The monoisotopic (exact) mass is 330 g/mol. The van der Waals surface area contributed by atoms with Gasteiger partial charge in [0, 0.05) is 0 Å². The van der Waals surface area contributed by atoms with E-state index in [4.69, 9.17) is 4.74 Å². The molecule has 1 N–H and O–H groups in total. The van der Waals surface area contributed by atoms with Crippen molar-refractivity contribution in [3.8, 4) is 0 Å². The predicted octanol–water partition coefficient (Wildman–Crippen LogP) is 3.30. The van der Waals surface area contributed by atoms with Crippen LogP contribution in [0, 0.1) is 6.92 Å². The Labute approximate surface area is 138 Å². The number of carbonyl (C=O) groups excluding carboxylic acids is 2. The van der Waals surface area contributed by atoms with Crippen molar-refractivity contribution in [3.63, 3.8) is 0 Å². The largest absolute Gasteiger partial charge is 0.462 e. The third-order valence-corrected chi connectivity index (χ3v) is 5.04. The van der Waals surface area contributed by atoms with Crippen LogP contribution < -0.4 is 5.32 Å². The molecule has 0 atom stereocenters. The molecule has 3 rings (SSSR count). The van der Waals surface area contributed by atoms with Crippen molar-refractivity contribution in [2.45, 2.75) is 32.1 Å². The Morgan fingerprint density at radius 3 is 2.61 bits per heavy atom. The number of hydrogen-bond donors (Lipinski definition) is 1. The van der Waals surface area contributed by atoms with Crippen molar-refractivity contribution in [3.05, 3.63) is 46.5 Å². The first kappa shape index (κ1) is 15.7. The van der Waals surface area contributed by atoms with Crippen LogP contribution >= 0.6 is 11.3 Å². The molecule has 23 heavy (non-hydrogen) atoms. The highest BCUT2D eigenvalue weighted by Crippen LogP contribution is 2.49. The van der Waals surface area contributed by atoms with Crippen LogP contribution in [0.4, 0.5) is 5.13 Å². The summed E-state index contributed by atoms with van der Waals surface area (Å²) in [6.07, 6.45) is 1.66. The van der Waals surface area contributed by atoms with Crippen molar-refractivity contribution < 1.29 is 14.3 Å². The Hall–Kier alpha value is -2.21. The first-order valence-electron chi connectivity index (χ1n) is 7.58. The average molecular weight is 330 g/mol. The molecular formula is C17H18N2O3S. The molecule has 2 aromatic rings. The first-order chi connectivity index (χ1) is 11.1. The minimum Gasteiger partial charge on any atom is -0.462 e. The molecule has 1 saturated carbocycles. The Bertz CT molecular complexity index is 736. The number of aromatic nitrogens is 1. The van der Waals surface area contributed by atoms with Crippen LogP contribution in [0.5, 0.6) is 0 Å². The molecule has 0 saturated heterocycles. The van der Waals surface area contributed by atoms with Gasteiger partial charge in [0.25, 0.3) is 0 Å². The average Bonchev–Trinajstić information content (AvgIpc) is 3.28. The number of anilines is 1. The molecule has 120 valence electrons. The molecule has 5 nitrogen and oxygen atoms in total. The van der Waals surface area contributed by atoms with E-state index >= 15 is 0 Å². The number of benzene rings is 1. The summed E-state index contributed by atoms with van der Waals surface area (Å²) in [5, 5.41) is 3.30. The number of nitrogens with one attached hydrogen (secondary N) is 1. The molecule has 1 aliphatic carbocycles. The summed E-state index contributed by atoms with van der Waals surface area (Å²) >= 11 is 1.16. The van der Waals surface area contributed by atoms with Gasteiger partial charge in [-0.1, -0.05) is 41.7 Å². The highest BCUT2D eigenvalue weighted by Gasteiger charge is 2.51. The number of carbonyl (C=O) groups is 2. The summed E-state index contributed by atoms with van der Waals surface area (Å²) < 4.78 is 4.99. The van der Waals surface area contributed by atoms with Crippen molar-refractivity contribution >= 4 is 28.3 Å². The fourth-order valence-corrected chi connectivity index (χ4v) is 3.44. The van der Waals surface area contributed by atoms with Gasteiger partial charge in [-0.05, 0) is 32.3 Å². The summed E-state index contributed by atoms with van der Waals surface area (Å²) in [7, 11) is 0. The van der Waals surface area contributed by atoms with Gasteiger partial charge in [0.1, 0.15) is 4.88 Å². The summed E-state index contributed by atoms with van der Waals surface area (Å²) in [4.78, 5) is 29.2. The number of nitrogens with zero attached hydrogens (tertiary/aromatic N) is 1. The van der Waals surface area contributed by atoms with Crippen LogP contribution in [0.15, 0.2) is 30.3 Å². The van der Waals surface area contributed by atoms with Gasteiger partial charge in [0.15, 0.2) is 5.13 Å². The van der Waals surface area contributed by atoms with E-state index in [0.717, 1.165) is 29.7 Å². The van der Waals surface area contributed by atoms with Crippen LogP contribution in [0.25, 0.3) is 0 Å². The van der Waals surface area contributed by atoms with Gasteiger partial charge in [0.2, 0.25) is 5.91 Å². The minimum absolute atomic E-state index is 0.0622. The second-order valence-electron chi connectivity index (χ2n) is 5.56. The van der Waals surface area contributed by atoms with E-state index in [1.165, 1.54) is 0 Å². The molecular weight excluding hydrogens is 312 g/mol. The first-order valence-corrected chi connectivity index (χ1v) is 8.40. The summed E-state index contributed by atoms with van der Waals surface area (Å²) in [5.41, 5.74) is 1.15. The molecule has 6 heteroatoms. The lowest BCUT2D eigenvalue weighted by Gasteiger charge is -2.14. The van der Waals surface area contributed by atoms with E-state index in [1.54, 1.807) is 13.8 Å². The standard InChI is InChI=1S/C17H18N2O3S/c1-3-22-14(20)13-11(2)18-16(23-13)19-15(21)17(9-10-17)12-7-5-4-6-8-12/h4-8H,3,9-10H2,1-2H3,(H,18,19,21). The second-order valence-corrected chi connectivity index (χ2v) is 6.56. The minimum atomic E-state index is -0.453. The molecule has 1 amide bonds. The third kappa shape index (κ3) is 2.99. The van der Waals surface area contributed by atoms with E-state index < -0.39 is 11.4 Å². The summed E-state index contributed by atoms with van der Waals surface area (Å²) in [5.74, 6) is -0.458. The van der Waals surface area contributed by atoms with E-state index in [9.17, 15) is 9.59 Å². The second kappa shape index (κ2) is 6.12. The van der Waals surface area contributed by atoms with E-state index in [2.05, 4.69) is 10.3 Å². The van der Waals surface area contributed by atoms with Gasteiger partial charge < -0.3 is 10.1 Å². The summed E-state index contributed by atoms with van der Waals surface area (Å²) in [6, 6.07) is 9.77. The van der Waals surface area contributed by atoms with E-state index in [0.29, 0.717) is 22.3 Å². The summed E-state index contributed by atoms with van der Waals surface area (Å²) in [6.45, 7) is 3.81. The number of aryl methyl sites for hydroxylation is 1. The Morgan fingerprint density at radius 1 is 1.30 bits per heavy atom. The van der Waals surface area contributed by atoms with Gasteiger partial charge in [0.05, 0.1) is 17.7 Å². The molecule has 1 aromatic heterocycles. The Balaban J connectivity index is 1.77. The van der Waals surface area contributed by atoms with E-state index in [-0.39, 0.29) is 5.91 Å². The van der Waals surface area contributed by atoms with Crippen LogP contribution in [0.2, 0.25) is 0 Å². The zero-order valence-corrected chi connectivity index (χ0v) is 13.9. The van der Waals surface area contributed by atoms with Crippen LogP contribution in [-0.2, 0) is 14.9 Å². The molecule has 0 unspecified atom stereocenters. The molecule has 1 heterocycles. The third-order valence-electron chi connectivity index (χ3n) is 3.99. The maximum absolute atomic E-state index is 12.7. The number of hydrogen-bond acceptors (Lipinski definition) is 5. The van der Waals surface area contributed by atoms with Crippen molar-refractivity contribution in [1.82, 2.24) is 4.98 Å². The van der Waals surface area contributed by atoms with Crippen LogP contribution in [-0.4, -0.2) is 23.5 Å². The molecule has 1 aliphatic rings. The predicted molar refractivity (Wildman–Crippen MR) is 88.8 cm³/mol. The highest BCUT2D eigenvalue weighted by molar-refractivity contribution is 7.17. The van der Waals surface area contributed by atoms with Crippen LogP contribution in [0.1, 0.15) is 40.7 Å². The SMILES string of the molecule is CCOC(=O)c1sc(NC(=O)C2(c3ccccc3)CC2)nc1C. The molecule has 1 aromatic carbocycles. The number of rotatable bonds is 5. The zero-order valence-electron chi connectivity index (χ0n) is 13.1. The van der Waals surface area contributed by atoms with Crippen molar-refractivity contribution in [2.75, 3.05) is 11.9 Å². The molecule has 0 spiro atoms. The van der Waals surface area contributed by atoms with Gasteiger partial charge in [-0.15, -0.1) is 0 Å². The quantitative estimate of drug-likeness (QED) is 0.854. The number of amides is 1. The number of thiazole rings is 1. The van der Waals surface area contributed by atoms with Crippen molar-refractivity contribution in [2.24, 2.45) is 0 Å². The molecule has 0 radical (unpaired) electrons. The van der Waals surface area contributed by atoms with Gasteiger partial charge >= 0.3 is 5.97 Å². The van der Waals surface area contributed by atoms with Crippen molar-refractivity contribution in [1.29, 1.82) is 0 Å². The lowest BCUT2D eigenvalue weighted by Crippen LogP contribution is -2.27. The maximum Gasteiger partial charge on any atom is 0.350 e. The molecule has 0 bridgehead atoms. The van der Waals surface area contributed by atoms with Gasteiger partial charge in [-0.25, -0.2) is 9.78 Å². The molecule has 1 fully saturated rings. The lowest BCUT2D eigenvalue weighted by atomic mass is 9.95. The fraction of sp³-hybridized carbons (Fsp3) is 0.353. The Kier molecular flexibility index (Phi) is 4.17. The van der Waals surface area contributed by atoms with Gasteiger partial charge in [-0.3, -0.25) is 4.79 Å². The Morgan fingerprint density at radius 2 is 2.00 bits per heavy atom.